The van der Waals surface area contributed by atoms with E-state index in [9.17, 15) is 4.79 Å². The van der Waals surface area contributed by atoms with E-state index < -0.39 is 0 Å². The molecule has 0 saturated carbocycles. The van der Waals surface area contributed by atoms with Gasteiger partial charge in [0.05, 0.1) is 6.10 Å². The summed E-state index contributed by atoms with van der Waals surface area (Å²) < 4.78 is 5.77. The molecular formula is C12H24O2. The van der Waals surface area contributed by atoms with Crippen LogP contribution in [0.25, 0.3) is 0 Å². The minimum atomic E-state index is -0.195. The third kappa shape index (κ3) is 4.23. The van der Waals surface area contributed by atoms with Gasteiger partial charge in [-0.1, -0.05) is 34.6 Å². The summed E-state index contributed by atoms with van der Waals surface area (Å²) in [5.41, 5.74) is 0. The first kappa shape index (κ1) is 13.6. The Bertz CT molecular complexity index is 160. The smallest absolute Gasteiger partial charge is 0.164 e. The van der Waals surface area contributed by atoms with Gasteiger partial charge >= 0.3 is 0 Å². The van der Waals surface area contributed by atoms with E-state index in [1.165, 1.54) is 0 Å². The lowest BCUT2D eigenvalue weighted by molar-refractivity contribution is -0.138. The lowest BCUT2D eigenvalue weighted by Crippen LogP contribution is -2.31. The van der Waals surface area contributed by atoms with Gasteiger partial charge in [0, 0.05) is 5.92 Å². The highest BCUT2D eigenvalue weighted by Gasteiger charge is 2.22. The van der Waals surface area contributed by atoms with Gasteiger partial charge in [0.25, 0.3) is 0 Å². The zero-order valence-corrected chi connectivity index (χ0v) is 10.2. The third-order valence-electron chi connectivity index (χ3n) is 2.52. The predicted molar refractivity (Wildman–Crippen MR) is 59.4 cm³/mol. The van der Waals surface area contributed by atoms with Crippen molar-refractivity contribution >= 4 is 5.78 Å². The molecule has 0 aromatic rings. The fraction of sp³-hybridized carbons (Fsp3) is 0.917. The second kappa shape index (κ2) is 6.99. The van der Waals surface area contributed by atoms with E-state index >= 15 is 0 Å². The number of ketones is 1. The summed E-state index contributed by atoms with van der Waals surface area (Å²) in [5.74, 6) is 0.314. The molecule has 0 aliphatic heterocycles. The average molecular weight is 200 g/mol. The van der Waals surface area contributed by atoms with Crippen LogP contribution in [-0.2, 0) is 9.53 Å². The lowest BCUT2D eigenvalue weighted by Gasteiger charge is -2.22. The molecule has 0 rings (SSSR count). The summed E-state index contributed by atoms with van der Waals surface area (Å²) in [7, 11) is 0. The molecule has 0 heterocycles. The maximum atomic E-state index is 11.7. The Kier molecular flexibility index (Phi) is 6.81. The second-order valence-electron chi connectivity index (χ2n) is 4.03. The molecule has 0 radical (unpaired) electrons. The molecule has 2 heteroatoms. The molecule has 0 unspecified atom stereocenters. The summed E-state index contributed by atoms with van der Waals surface area (Å²) in [5, 5.41) is 0. The molecular weight excluding hydrogens is 176 g/mol. The van der Waals surface area contributed by atoms with Gasteiger partial charge in [0.15, 0.2) is 5.78 Å². The van der Waals surface area contributed by atoms with Crippen molar-refractivity contribution in [2.24, 2.45) is 5.92 Å². The van der Waals surface area contributed by atoms with Gasteiger partial charge in [-0.2, -0.15) is 0 Å². The van der Waals surface area contributed by atoms with Gasteiger partial charge in [-0.25, -0.2) is 0 Å². The maximum absolute atomic E-state index is 11.7. The molecule has 0 saturated heterocycles. The van der Waals surface area contributed by atoms with Crippen LogP contribution in [0, 0.1) is 5.92 Å². The van der Waals surface area contributed by atoms with Gasteiger partial charge in [0.1, 0.15) is 6.10 Å². The molecule has 0 N–H and O–H groups in total. The van der Waals surface area contributed by atoms with E-state index in [0.717, 1.165) is 19.3 Å². The van der Waals surface area contributed by atoms with Gasteiger partial charge < -0.3 is 4.74 Å². The summed E-state index contributed by atoms with van der Waals surface area (Å²) in [6, 6.07) is 0. The van der Waals surface area contributed by atoms with Gasteiger partial charge in [-0.05, 0) is 19.3 Å². The summed E-state index contributed by atoms with van der Waals surface area (Å²) in [6.07, 6.45) is 2.80. The Balaban J connectivity index is 4.20. The van der Waals surface area contributed by atoms with Crippen LogP contribution in [0.1, 0.15) is 53.9 Å². The minimum Gasteiger partial charge on any atom is -0.367 e. The van der Waals surface area contributed by atoms with Crippen molar-refractivity contribution in [1.82, 2.24) is 0 Å². The zero-order valence-electron chi connectivity index (χ0n) is 10.2. The molecule has 0 aliphatic rings. The second-order valence-corrected chi connectivity index (χ2v) is 4.03. The number of rotatable bonds is 7. The summed E-state index contributed by atoms with van der Waals surface area (Å²) in [6.45, 7) is 10.1. The summed E-state index contributed by atoms with van der Waals surface area (Å²) >= 11 is 0. The molecule has 1 atom stereocenters. The minimum absolute atomic E-state index is 0.0781. The standard InChI is InChI=1S/C12H24O2/c1-6-10(7-2)14-11(8-3)12(13)9(4)5/h9-11H,6-8H2,1-5H3/t11-/m1/s1. The maximum Gasteiger partial charge on any atom is 0.164 e. The van der Waals surface area contributed by atoms with E-state index in [-0.39, 0.29) is 23.9 Å². The Morgan fingerprint density at radius 2 is 1.57 bits per heavy atom. The van der Waals surface area contributed by atoms with Crippen molar-refractivity contribution in [2.75, 3.05) is 0 Å². The summed E-state index contributed by atoms with van der Waals surface area (Å²) in [4.78, 5) is 11.7. The van der Waals surface area contributed by atoms with Crippen molar-refractivity contribution in [3.05, 3.63) is 0 Å². The number of hydrogen-bond donors (Lipinski definition) is 0. The predicted octanol–water partition coefficient (Wildman–Crippen LogP) is 3.20. The quantitative estimate of drug-likeness (QED) is 0.631. The highest BCUT2D eigenvalue weighted by molar-refractivity contribution is 5.84. The Labute approximate surface area is 88.0 Å². The first-order valence-electron chi connectivity index (χ1n) is 5.75. The first-order valence-corrected chi connectivity index (χ1v) is 5.75. The van der Waals surface area contributed by atoms with Gasteiger partial charge in [-0.15, -0.1) is 0 Å². The first-order chi connectivity index (χ1) is 6.56. The van der Waals surface area contributed by atoms with Crippen molar-refractivity contribution < 1.29 is 9.53 Å². The Hall–Kier alpha value is -0.370. The molecule has 0 bridgehead atoms. The largest absolute Gasteiger partial charge is 0.367 e. The number of carbonyl (C=O) groups excluding carboxylic acids is 1. The molecule has 0 aromatic heterocycles. The Morgan fingerprint density at radius 3 is 1.86 bits per heavy atom. The number of Topliss-reactive ketones (excluding diaryl/α,β-unsaturated/α-hetero) is 1. The van der Waals surface area contributed by atoms with Crippen LogP contribution < -0.4 is 0 Å². The number of carbonyl (C=O) groups is 1. The van der Waals surface area contributed by atoms with E-state index in [1.807, 2.05) is 20.8 Å². The van der Waals surface area contributed by atoms with Crippen molar-refractivity contribution in [3.8, 4) is 0 Å². The molecule has 0 aliphatic carbocycles. The third-order valence-corrected chi connectivity index (χ3v) is 2.52. The molecule has 14 heavy (non-hydrogen) atoms. The van der Waals surface area contributed by atoms with Crippen molar-refractivity contribution in [1.29, 1.82) is 0 Å². The van der Waals surface area contributed by atoms with E-state index in [0.29, 0.717) is 0 Å². The Morgan fingerprint density at radius 1 is 1.07 bits per heavy atom. The van der Waals surface area contributed by atoms with Crippen LogP contribution in [0.15, 0.2) is 0 Å². The van der Waals surface area contributed by atoms with Crippen LogP contribution in [-0.4, -0.2) is 18.0 Å². The molecule has 0 spiro atoms. The van der Waals surface area contributed by atoms with Crippen LogP contribution in [0.3, 0.4) is 0 Å². The molecule has 0 amide bonds. The normalized spacial score (nSPS) is 13.6. The van der Waals surface area contributed by atoms with E-state index in [1.54, 1.807) is 0 Å². The SMILES string of the molecule is CCC(CC)O[C@H](CC)C(=O)C(C)C. The number of ether oxygens (including phenoxy) is 1. The monoisotopic (exact) mass is 200 g/mol. The molecule has 0 fully saturated rings. The van der Waals surface area contributed by atoms with E-state index in [4.69, 9.17) is 4.74 Å². The van der Waals surface area contributed by atoms with Gasteiger partial charge in [-0.3, -0.25) is 4.79 Å². The van der Waals surface area contributed by atoms with Crippen LogP contribution >= 0.6 is 0 Å². The fourth-order valence-corrected chi connectivity index (χ4v) is 1.45. The van der Waals surface area contributed by atoms with Crippen molar-refractivity contribution in [2.45, 2.75) is 66.1 Å². The van der Waals surface area contributed by atoms with Crippen LogP contribution in [0.4, 0.5) is 0 Å². The van der Waals surface area contributed by atoms with Crippen LogP contribution in [0.2, 0.25) is 0 Å². The fourth-order valence-electron chi connectivity index (χ4n) is 1.45. The highest BCUT2D eigenvalue weighted by Crippen LogP contribution is 2.13. The average Bonchev–Trinajstić information content (AvgIpc) is 2.19. The zero-order chi connectivity index (χ0) is 11.1. The molecule has 0 aromatic carbocycles. The van der Waals surface area contributed by atoms with Crippen molar-refractivity contribution in [3.63, 3.8) is 0 Å². The topological polar surface area (TPSA) is 26.3 Å². The van der Waals surface area contributed by atoms with Crippen LogP contribution in [0.5, 0.6) is 0 Å². The highest BCUT2D eigenvalue weighted by atomic mass is 16.5. The van der Waals surface area contributed by atoms with Gasteiger partial charge in [0.2, 0.25) is 0 Å². The molecule has 84 valence electrons. The number of hydrogen-bond acceptors (Lipinski definition) is 2. The molecule has 2 nitrogen and oxygen atoms in total. The lowest BCUT2D eigenvalue weighted by atomic mass is 10.0. The van der Waals surface area contributed by atoms with E-state index in [2.05, 4.69) is 13.8 Å².